The lowest BCUT2D eigenvalue weighted by Gasteiger charge is -2.27. The van der Waals surface area contributed by atoms with Crippen LogP contribution in [0.5, 0.6) is 0 Å². The minimum absolute atomic E-state index is 0.152. The Morgan fingerprint density at radius 3 is 2.28 bits per heavy atom. The molecular weight excluding hydrogens is 232 g/mol. The SMILES string of the molecule is CCCC[C@H](NC(=O)CC(N)C(C)(C)C)C(=O)O. The van der Waals surface area contributed by atoms with Gasteiger partial charge in [-0.2, -0.15) is 0 Å². The molecule has 0 heterocycles. The molecule has 0 aliphatic heterocycles. The van der Waals surface area contributed by atoms with Crippen LogP contribution in [0.15, 0.2) is 0 Å². The van der Waals surface area contributed by atoms with Gasteiger partial charge >= 0.3 is 5.97 Å². The van der Waals surface area contributed by atoms with Gasteiger partial charge in [0.2, 0.25) is 5.91 Å². The second kappa shape index (κ2) is 7.36. The van der Waals surface area contributed by atoms with Crippen molar-refractivity contribution in [2.24, 2.45) is 11.1 Å². The Bertz CT molecular complexity index is 284. The van der Waals surface area contributed by atoms with E-state index in [0.29, 0.717) is 6.42 Å². The van der Waals surface area contributed by atoms with Gasteiger partial charge in [-0.05, 0) is 11.8 Å². The summed E-state index contributed by atoms with van der Waals surface area (Å²) in [6.07, 6.45) is 2.30. The van der Waals surface area contributed by atoms with E-state index < -0.39 is 12.0 Å². The van der Waals surface area contributed by atoms with Crippen molar-refractivity contribution < 1.29 is 14.7 Å². The zero-order valence-corrected chi connectivity index (χ0v) is 11.8. The van der Waals surface area contributed by atoms with Crippen molar-refractivity contribution in [2.45, 2.75) is 65.5 Å². The molecule has 1 amide bonds. The molecule has 1 unspecified atom stereocenters. The number of carboxylic acids is 1. The monoisotopic (exact) mass is 258 g/mol. The Labute approximate surface area is 109 Å². The number of amides is 1. The number of aliphatic carboxylic acids is 1. The van der Waals surface area contributed by atoms with Gasteiger partial charge in [0.1, 0.15) is 6.04 Å². The third-order valence-electron chi connectivity index (χ3n) is 3.00. The molecule has 0 aliphatic rings. The predicted molar refractivity (Wildman–Crippen MR) is 71.1 cm³/mol. The van der Waals surface area contributed by atoms with Gasteiger partial charge in [0.15, 0.2) is 0 Å². The van der Waals surface area contributed by atoms with E-state index in [0.717, 1.165) is 12.8 Å². The number of carbonyl (C=O) groups is 2. The molecule has 106 valence electrons. The van der Waals surface area contributed by atoms with Crippen LogP contribution in [0.3, 0.4) is 0 Å². The van der Waals surface area contributed by atoms with Crippen LogP contribution < -0.4 is 11.1 Å². The molecule has 0 saturated heterocycles. The first kappa shape index (κ1) is 16.9. The summed E-state index contributed by atoms with van der Waals surface area (Å²) in [6.45, 7) is 7.85. The van der Waals surface area contributed by atoms with Crippen LogP contribution in [0.25, 0.3) is 0 Å². The number of hydrogen-bond acceptors (Lipinski definition) is 3. The second-order valence-electron chi connectivity index (χ2n) is 5.78. The smallest absolute Gasteiger partial charge is 0.326 e. The van der Waals surface area contributed by atoms with Gasteiger partial charge in [0.05, 0.1) is 0 Å². The summed E-state index contributed by atoms with van der Waals surface area (Å²) in [6, 6.07) is -1.08. The van der Waals surface area contributed by atoms with Crippen LogP contribution in [0.2, 0.25) is 0 Å². The van der Waals surface area contributed by atoms with E-state index in [1.165, 1.54) is 0 Å². The van der Waals surface area contributed by atoms with Gasteiger partial charge in [-0.15, -0.1) is 0 Å². The van der Waals surface area contributed by atoms with Gasteiger partial charge in [0.25, 0.3) is 0 Å². The quantitative estimate of drug-likeness (QED) is 0.645. The molecule has 5 heteroatoms. The minimum Gasteiger partial charge on any atom is -0.480 e. The maximum atomic E-state index is 11.7. The Morgan fingerprint density at radius 2 is 1.89 bits per heavy atom. The van der Waals surface area contributed by atoms with E-state index in [-0.39, 0.29) is 23.8 Å². The number of unbranched alkanes of at least 4 members (excludes halogenated alkanes) is 1. The lowest BCUT2D eigenvalue weighted by atomic mass is 9.85. The molecule has 0 aromatic heterocycles. The topological polar surface area (TPSA) is 92.4 Å². The third-order valence-corrected chi connectivity index (χ3v) is 3.00. The van der Waals surface area contributed by atoms with Crippen molar-refractivity contribution in [3.05, 3.63) is 0 Å². The molecule has 18 heavy (non-hydrogen) atoms. The highest BCUT2D eigenvalue weighted by Gasteiger charge is 2.25. The first-order valence-electron chi connectivity index (χ1n) is 6.46. The van der Waals surface area contributed by atoms with Crippen molar-refractivity contribution in [1.82, 2.24) is 5.32 Å². The van der Waals surface area contributed by atoms with E-state index in [4.69, 9.17) is 10.8 Å². The standard InChI is InChI=1S/C13H26N2O3/c1-5-6-7-9(12(17)18)15-11(16)8-10(14)13(2,3)4/h9-10H,5-8,14H2,1-4H3,(H,15,16)(H,17,18)/t9-,10?/m0/s1. The first-order chi connectivity index (χ1) is 8.18. The molecule has 0 aromatic rings. The zero-order chi connectivity index (χ0) is 14.3. The Hall–Kier alpha value is -1.10. The number of carboxylic acid groups (broad SMARTS) is 1. The van der Waals surface area contributed by atoms with Crippen molar-refractivity contribution >= 4 is 11.9 Å². The van der Waals surface area contributed by atoms with E-state index in [9.17, 15) is 9.59 Å². The summed E-state index contributed by atoms with van der Waals surface area (Å²) < 4.78 is 0. The van der Waals surface area contributed by atoms with E-state index in [1.54, 1.807) is 0 Å². The maximum absolute atomic E-state index is 11.7. The van der Waals surface area contributed by atoms with Crippen LogP contribution in [-0.2, 0) is 9.59 Å². The van der Waals surface area contributed by atoms with E-state index in [2.05, 4.69) is 5.32 Å². The maximum Gasteiger partial charge on any atom is 0.326 e. The fourth-order valence-corrected chi connectivity index (χ4v) is 1.42. The average Bonchev–Trinajstić information content (AvgIpc) is 2.22. The van der Waals surface area contributed by atoms with Crippen LogP contribution in [-0.4, -0.2) is 29.1 Å². The zero-order valence-electron chi connectivity index (χ0n) is 11.8. The van der Waals surface area contributed by atoms with E-state index >= 15 is 0 Å². The predicted octanol–water partition coefficient (Wildman–Crippen LogP) is 1.51. The normalized spacial score (nSPS) is 14.9. The van der Waals surface area contributed by atoms with Crippen molar-refractivity contribution in [3.8, 4) is 0 Å². The Kier molecular flexibility index (Phi) is 6.91. The highest BCUT2D eigenvalue weighted by atomic mass is 16.4. The van der Waals surface area contributed by atoms with Crippen LogP contribution in [0, 0.1) is 5.41 Å². The first-order valence-corrected chi connectivity index (χ1v) is 6.46. The number of nitrogens with two attached hydrogens (primary N) is 1. The number of carbonyl (C=O) groups excluding carboxylic acids is 1. The molecular formula is C13H26N2O3. The largest absolute Gasteiger partial charge is 0.480 e. The summed E-state index contributed by atoms with van der Waals surface area (Å²) in [5.41, 5.74) is 5.73. The molecule has 5 nitrogen and oxygen atoms in total. The fraction of sp³-hybridized carbons (Fsp3) is 0.846. The van der Waals surface area contributed by atoms with Crippen molar-refractivity contribution in [2.75, 3.05) is 0 Å². The highest BCUT2D eigenvalue weighted by molar-refractivity contribution is 5.83. The van der Waals surface area contributed by atoms with Gasteiger partial charge < -0.3 is 16.2 Å². The molecule has 0 spiro atoms. The number of nitrogens with one attached hydrogen (secondary N) is 1. The van der Waals surface area contributed by atoms with Crippen molar-refractivity contribution in [3.63, 3.8) is 0 Å². The molecule has 0 saturated carbocycles. The van der Waals surface area contributed by atoms with Crippen molar-refractivity contribution in [1.29, 1.82) is 0 Å². The Morgan fingerprint density at radius 1 is 1.33 bits per heavy atom. The average molecular weight is 258 g/mol. The highest BCUT2D eigenvalue weighted by Crippen LogP contribution is 2.19. The molecule has 0 bridgehead atoms. The summed E-state index contributed by atoms with van der Waals surface area (Å²) in [4.78, 5) is 22.7. The summed E-state index contributed by atoms with van der Waals surface area (Å²) in [5, 5.41) is 11.5. The number of hydrogen-bond donors (Lipinski definition) is 3. The molecule has 2 atom stereocenters. The molecule has 0 aromatic carbocycles. The fourth-order valence-electron chi connectivity index (χ4n) is 1.42. The van der Waals surface area contributed by atoms with Crippen LogP contribution in [0.4, 0.5) is 0 Å². The molecule has 4 N–H and O–H groups in total. The van der Waals surface area contributed by atoms with Crippen LogP contribution >= 0.6 is 0 Å². The summed E-state index contributed by atoms with van der Waals surface area (Å²) in [7, 11) is 0. The lowest BCUT2D eigenvalue weighted by Crippen LogP contribution is -2.45. The van der Waals surface area contributed by atoms with Gasteiger partial charge in [-0.1, -0.05) is 40.5 Å². The lowest BCUT2D eigenvalue weighted by molar-refractivity contribution is -0.142. The summed E-state index contributed by atoms with van der Waals surface area (Å²) >= 11 is 0. The summed E-state index contributed by atoms with van der Waals surface area (Å²) in [5.74, 6) is -1.28. The minimum atomic E-state index is -0.985. The Balaban J connectivity index is 4.30. The molecule has 0 rings (SSSR count). The molecule has 0 aliphatic carbocycles. The third kappa shape index (κ3) is 6.59. The second-order valence-corrected chi connectivity index (χ2v) is 5.78. The van der Waals surface area contributed by atoms with Gasteiger partial charge in [0, 0.05) is 12.5 Å². The van der Waals surface area contributed by atoms with Gasteiger partial charge in [-0.25, -0.2) is 4.79 Å². The molecule has 0 fully saturated rings. The number of rotatable bonds is 7. The van der Waals surface area contributed by atoms with Gasteiger partial charge in [-0.3, -0.25) is 4.79 Å². The molecule has 0 radical (unpaired) electrons. The van der Waals surface area contributed by atoms with E-state index in [1.807, 2.05) is 27.7 Å². The van der Waals surface area contributed by atoms with Crippen LogP contribution in [0.1, 0.15) is 53.4 Å².